The van der Waals surface area contributed by atoms with Gasteiger partial charge in [-0.1, -0.05) is 93.0 Å². The van der Waals surface area contributed by atoms with Crippen molar-refractivity contribution in [1.29, 1.82) is 0 Å². The summed E-state index contributed by atoms with van der Waals surface area (Å²) in [6.45, 7) is 6.55. The van der Waals surface area contributed by atoms with Crippen LogP contribution in [0.4, 0.5) is 15.8 Å². The van der Waals surface area contributed by atoms with Gasteiger partial charge in [-0.2, -0.15) is 0 Å². The highest BCUT2D eigenvalue weighted by Gasteiger charge is 2.42. The minimum absolute atomic E-state index is 0.0235. The summed E-state index contributed by atoms with van der Waals surface area (Å²) in [6, 6.07) is 28.2. The zero-order valence-corrected chi connectivity index (χ0v) is 24.6. The summed E-state index contributed by atoms with van der Waals surface area (Å²) in [5.41, 5.74) is 5.95. The van der Waals surface area contributed by atoms with Crippen LogP contribution in [0.15, 0.2) is 108 Å². The summed E-state index contributed by atoms with van der Waals surface area (Å²) in [4.78, 5) is 30.2. The van der Waals surface area contributed by atoms with Crippen LogP contribution >= 0.6 is 11.6 Å². The molecule has 0 saturated carbocycles. The molecular formula is C36H32ClFN2O2. The third-order valence-corrected chi connectivity index (χ3v) is 8.58. The van der Waals surface area contributed by atoms with Crippen molar-refractivity contribution in [3.63, 3.8) is 0 Å². The number of hydrogen-bond acceptors (Lipinski definition) is 3. The number of ketones is 1. The number of amides is 1. The Hall–Kier alpha value is -4.22. The molecule has 212 valence electrons. The summed E-state index contributed by atoms with van der Waals surface area (Å²) in [5.74, 6) is -0.805. The molecule has 6 rings (SSSR count). The predicted octanol–water partition coefficient (Wildman–Crippen LogP) is 8.99. The molecule has 1 aliphatic carbocycles. The number of Topliss-reactive ketones (excluding diaryl/α,β-unsaturated/α-hetero) is 1. The molecule has 1 heterocycles. The average Bonchev–Trinajstić information content (AvgIpc) is 3.12. The number of nitrogens with one attached hydrogen (secondary N) is 1. The molecule has 4 nitrogen and oxygen atoms in total. The van der Waals surface area contributed by atoms with Gasteiger partial charge in [-0.25, -0.2) is 4.39 Å². The molecule has 0 aromatic heterocycles. The van der Waals surface area contributed by atoms with Crippen LogP contribution in [0.1, 0.15) is 72.6 Å². The number of halogens is 2. The lowest BCUT2D eigenvalue weighted by molar-refractivity contribution is -0.116. The second-order valence-corrected chi connectivity index (χ2v) is 12.5. The van der Waals surface area contributed by atoms with E-state index in [0.29, 0.717) is 45.9 Å². The number of anilines is 2. The molecule has 0 bridgehead atoms. The summed E-state index contributed by atoms with van der Waals surface area (Å²) in [7, 11) is 0. The molecule has 4 aromatic rings. The normalized spacial score (nSPS) is 18.6. The molecule has 1 N–H and O–H groups in total. The summed E-state index contributed by atoms with van der Waals surface area (Å²) in [6.07, 6.45) is 0.896. The maximum absolute atomic E-state index is 14.4. The summed E-state index contributed by atoms with van der Waals surface area (Å²) >= 11 is 6.52. The predicted molar refractivity (Wildman–Crippen MR) is 167 cm³/mol. The summed E-state index contributed by atoms with van der Waals surface area (Å²) in [5, 5.41) is 3.86. The molecule has 42 heavy (non-hydrogen) atoms. The Kier molecular flexibility index (Phi) is 7.24. The highest BCUT2D eigenvalue weighted by molar-refractivity contribution is 6.34. The number of rotatable bonds is 3. The first-order valence-corrected chi connectivity index (χ1v) is 14.6. The standard InChI is InChI=1S/C36H32ClFN2O2/c1-36(2,3)25-16-12-22(13-17-25)24-20-30-33(32(41)21-24)34(23-14-18-26(38)19-15-23)40(31-11-7-6-10-29(31)39-30)35(42)27-8-4-5-9-28(27)37/h4-19,24,34,39H,20-21H2,1-3H3/t24-,34+/m0/s1. The number of para-hydroxylation sites is 2. The largest absolute Gasteiger partial charge is 0.357 e. The molecule has 0 fully saturated rings. The van der Waals surface area contributed by atoms with E-state index in [2.05, 4.69) is 50.4 Å². The van der Waals surface area contributed by atoms with E-state index in [9.17, 15) is 14.0 Å². The Morgan fingerprint density at radius 2 is 1.50 bits per heavy atom. The van der Waals surface area contributed by atoms with Gasteiger partial charge in [0.1, 0.15) is 5.82 Å². The van der Waals surface area contributed by atoms with Crippen LogP contribution in [0.5, 0.6) is 0 Å². The lowest BCUT2D eigenvalue weighted by atomic mass is 9.77. The van der Waals surface area contributed by atoms with Crippen LogP contribution in [0.2, 0.25) is 5.02 Å². The molecule has 1 amide bonds. The van der Waals surface area contributed by atoms with Crippen molar-refractivity contribution in [2.24, 2.45) is 0 Å². The second kappa shape index (κ2) is 10.9. The molecule has 6 heteroatoms. The molecule has 2 aliphatic rings. The van der Waals surface area contributed by atoms with Crippen molar-refractivity contribution in [2.45, 2.75) is 51.0 Å². The fourth-order valence-corrected chi connectivity index (χ4v) is 6.25. The Morgan fingerprint density at radius 3 is 2.19 bits per heavy atom. The maximum Gasteiger partial charge on any atom is 0.260 e. The van der Waals surface area contributed by atoms with Crippen molar-refractivity contribution in [3.05, 3.63) is 141 Å². The Morgan fingerprint density at radius 1 is 0.857 bits per heavy atom. The number of fused-ring (bicyclic) bond motifs is 1. The fraction of sp³-hybridized carbons (Fsp3) is 0.222. The van der Waals surface area contributed by atoms with Crippen LogP contribution in [-0.4, -0.2) is 11.7 Å². The van der Waals surface area contributed by atoms with Crippen molar-refractivity contribution < 1.29 is 14.0 Å². The van der Waals surface area contributed by atoms with E-state index in [1.54, 1.807) is 41.3 Å². The van der Waals surface area contributed by atoms with E-state index < -0.39 is 11.9 Å². The highest BCUT2D eigenvalue weighted by Crippen LogP contribution is 2.48. The number of benzene rings is 4. The molecule has 1 aliphatic heterocycles. The first-order valence-electron chi connectivity index (χ1n) is 14.2. The highest BCUT2D eigenvalue weighted by atomic mass is 35.5. The van der Waals surface area contributed by atoms with E-state index in [0.717, 1.165) is 11.3 Å². The van der Waals surface area contributed by atoms with Crippen molar-refractivity contribution in [3.8, 4) is 0 Å². The zero-order valence-electron chi connectivity index (χ0n) is 23.8. The Bertz CT molecular complexity index is 1700. The molecule has 0 unspecified atom stereocenters. The quantitative estimate of drug-likeness (QED) is 0.264. The lowest BCUT2D eigenvalue weighted by Gasteiger charge is -2.35. The van der Waals surface area contributed by atoms with Crippen molar-refractivity contribution in [1.82, 2.24) is 0 Å². The van der Waals surface area contributed by atoms with Gasteiger partial charge in [0.2, 0.25) is 0 Å². The third kappa shape index (κ3) is 5.14. The van der Waals surface area contributed by atoms with Gasteiger partial charge in [-0.3, -0.25) is 14.5 Å². The minimum Gasteiger partial charge on any atom is -0.357 e. The molecule has 0 saturated heterocycles. The summed E-state index contributed by atoms with van der Waals surface area (Å²) < 4.78 is 14.1. The second-order valence-electron chi connectivity index (χ2n) is 12.0. The van der Waals surface area contributed by atoms with E-state index in [1.807, 2.05) is 24.3 Å². The maximum atomic E-state index is 14.4. The van der Waals surface area contributed by atoms with Crippen LogP contribution in [0.25, 0.3) is 0 Å². The topological polar surface area (TPSA) is 49.4 Å². The van der Waals surface area contributed by atoms with Crippen LogP contribution < -0.4 is 10.2 Å². The van der Waals surface area contributed by atoms with Crippen molar-refractivity contribution in [2.75, 3.05) is 10.2 Å². The van der Waals surface area contributed by atoms with Crippen molar-refractivity contribution >= 4 is 34.7 Å². The minimum atomic E-state index is -0.780. The smallest absolute Gasteiger partial charge is 0.260 e. The van der Waals surface area contributed by atoms with Crippen LogP contribution in [-0.2, 0) is 10.2 Å². The van der Waals surface area contributed by atoms with Gasteiger partial charge in [0.25, 0.3) is 5.91 Å². The van der Waals surface area contributed by atoms with Gasteiger partial charge in [-0.15, -0.1) is 0 Å². The molecule has 2 atom stereocenters. The van der Waals surface area contributed by atoms with E-state index in [4.69, 9.17) is 11.6 Å². The molecular weight excluding hydrogens is 547 g/mol. The van der Waals surface area contributed by atoms with E-state index >= 15 is 0 Å². The van der Waals surface area contributed by atoms with Crippen LogP contribution in [0.3, 0.4) is 0 Å². The fourth-order valence-electron chi connectivity index (χ4n) is 6.03. The number of hydrogen-bond donors (Lipinski definition) is 1. The Balaban J connectivity index is 1.52. The Labute approximate surface area is 250 Å². The first kappa shape index (κ1) is 27.9. The molecule has 4 aromatic carbocycles. The number of carbonyl (C=O) groups excluding carboxylic acids is 2. The van der Waals surface area contributed by atoms with Crippen LogP contribution in [0, 0.1) is 5.82 Å². The van der Waals surface area contributed by atoms with E-state index in [-0.39, 0.29) is 23.0 Å². The monoisotopic (exact) mass is 578 g/mol. The van der Waals surface area contributed by atoms with Gasteiger partial charge in [0.15, 0.2) is 5.78 Å². The lowest BCUT2D eigenvalue weighted by Crippen LogP contribution is -2.38. The zero-order chi connectivity index (χ0) is 29.6. The molecule has 0 radical (unpaired) electrons. The van der Waals surface area contributed by atoms with E-state index in [1.165, 1.54) is 17.7 Å². The SMILES string of the molecule is CC(C)(C)c1ccc([C@@H]2CC(=O)C3=C(C2)Nc2ccccc2N(C(=O)c2ccccc2Cl)[C@@H]3c2ccc(F)cc2)cc1. The third-order valence-electron chi connectivity index (χ3n) is 8.25. The van der Waals surface area contributed by atoms with Gasteiger partial charge < -0.3 is 5.32 Å². The molecule has 0 spiro atoms. The van der Waals surface area contributed by atoms with Gasteiger partial charge in [0, 0.05) is 17.7 Å². The van der Waals surface area contributed by atoms with Gasteiger partial charge in [-0.05, 0) is 70.8 Å². The number of nitrogens with zero attached hydrogens (tertiary/aromatic N) is 1. The van der Waals surface area contributed by atoms with Gasteiger partial charge in [0.05, 0.1) is 28.0 Å². The number of allylic oxidation sites excluding steroid dienone is 1. The number of carbonyl (C=O) groups is 2. The first-order chi connectivity index (χ1) is 20.1. The average molecular weight is 579 g/mol. The van der Waals surface area contributed by atoms with Gasteiger partial charge >= 0.3 is 0 Å².